The number of nitrogens with one attached hydrogen (secondary N) is 2. The lowest BCUT2D eigenvalue weighted by Crippen LogP contribution is -2.64. The van der Waals surface area contributed by atoms with E-state index in [-0.39, 0.29) is 10.9 Å². The molecule has 2 N–H and O–H groups in total. The van der Waals surface area contributed by atoms with Gasteiger partial charge in [-0.2, -0.15) is 0 Å². The van der Waals surface area contributed by atoms with Crippen molar-refractivity contribution in [2.75, 3.05) is 7.05 Å². The molecule has 20 heavy (non-hydrogen) atoms. The Morgan fingerprint density at radius 3 is 1.80 bits per heavy atom. The molecule has 0 aromatic rings. The Balaban J connectivity index is 5.21. The molecule has 0 aliphatic rings. The number of ether oxygens (including phenoxy) is 1. The highest BCUT2D eigenvalue weighted by atomic mass is 28.3. The van der Waals surface area contributed by atoms with E-state index in [0.717, 1.165) is 0 Å². The molecule has 0 aromatic carbocycles. The molecule has 0 heterocycles. The van der Waals surface area contributed by atoms with Crippen molar-refractivity contribution in [1.29, 1.82) is 0 Å². The molecule has 1 atom stereocenters. The van der Waals surface area contributed by atoms with E-state index in [0.29, 0.717) is 0 Å². The average molecular weight is 302 g/mol. The highest BCUT2D eigenvalue weighted by molar-refractivity contribution is 6.84. The summed E-state index contributed by atoms with van der Waals surface area (Å²) < 4.78 is 5.26. The first-order chi connectivity index (χ1) is 8.72. The van der Waals surface area contributed by atoms with E-state index < -0.39 is 25.4 Å². The number of carbonyl (C=O) groups is 2. The Hall–Kier alpha value is -1.04. The number of hydrogen-bond acceptors (Lipinski definition) is 3. The largest absolute Gasteiger partial charge is 0.444 e. The Labute approximate surface area is 123 Å². The maximum atomic E-state index is 12.2. The molecule has 0 aliphatic carbocycles. The second kappa shape index (κ2) is 6.16. The second-order valence-electron chi connectivity index (χ2n) is 7.67. The van der Waals surface area contributed by atoms with E-state index in [1.807, 2.05) is 0 Å². The van der Waals surface area contributed by atoms with Gasteiger partial charge in [0.1, 0.15) is 11.3 Å². The van der Waals surface area contributed by atoms with Gasteiger partial charge >= 0.3 is 6.09 Å². The Kier molecular flexibility index (Phi) is 5.84. The predicted octanol–water partition coefficient (Wildman–Crippen LogP) is 2.67. The molecule has 0 saturated carbocycles. The van der Waals surface area contributed by atoms with Crippen molar-refractivity contribution in [3.05, 3.63) is 0 Å². The fourth-order valence-corrected chi connectivity index (χ4v) is 3.72. The van der Waals surface area contributed by atoms with E-state index in [1.165, 1.54) is 0 Å². The van der Waals surface area contributed by atoms with Crippen LogP contribution in [0.25, 0.3) is 0 Å². The first kappa shape index (κ1) is 19.0. The van der Waals surface area contributed by atoms with Gasteiger partial charge in [-0.15, -0.1) is 0 Å². The molecule has 5 nitrogen and oxygen atoms in total. The Morgan fingerprint density at radius 2 is 1.50 bits per heavy atom. The van der Waals surface area contributed by atoms with Gasteiger partial charge in [-0.05, 0) is 25.8 Å². The summed E-state index contributed by atoms with van der Waals surface area (Å²) in [5, 5.41) is 5.37. The molecular weight excluding hydrogens is 272 g/mol. The van der Waals surface area contributed by atoms with Crippen LogP contribution in [0.3, 0.4) is 0 Å². The highest BCUT2D eigenvalue weighted by Gasteiger charge is 2.46. The first-order valence-corrected chi connectivity index (χ1v) is 10.0. The Morgan fingerprint density at radius 1 is 1.05 bits per heavy atom. The summed E-state index contributed by atoms with van der Waals surface area (Å²) in [6.45, 7) is 15.9. The molecule has 0 radical (unpaired) electrons. The second-order valence-corrected chi connectivity index (χ2v) is 13.2. The maximum absolute atomic E-state index is 12.2. The van der Waals surface area contributed by atoms with Gasteiger partial charge in [-0.1, -0.05) is 33.9 Å². The van der Waals surface area contributed by atoms with Crippen LogP contribution in [-0.2, 0) is 9.53 Å². The fraction of sp³-hybridized carbons (Fsp3) is 0.857. The SMILES string of the molecule is CNC(=O)C(NC(=O)OC(C)(C)C)[Si](C)(C)C(C)(C)C. The highest BCUT2D eigenvalue weighted by Crippen LogP contribution is 2.38. The number of hydrogen-bond donors (Lipinski definition) is 2. The van der Waals surface area contributed by atoms with Crippen LogP contribution in [0.2, 0.25) is 18.1 Å². The number of carbonyl (C=O) groups excluding carboxylic acids is 2. The van der Waals surface area contributed by atoms with Crippen LogP contribution in [0.5, 0.6) is 0 Å². The zero-order valence-corrected chi connectivity index (χ0v) is 15.3. The number of amides is 2. The molecule has 0 bridgehead atoms. The molecule has 0 aromatic heterocycles. The van der Waals surface area contributed by atoms with E-state index in [2.05, 4.69) is 44.5 Å². The molecule has 0 rings (SSSR count). The third-order valence-corrected chi connectivity index (χ3v) is 9.54. The summed E-state index contributed by atoms with van der Waals surface area (Å²) in [6.07, 6.45) is -0.545. The van der Waals surface area contributed by atoms with Crippen molar-refractivity contribution in [1.82, 2.24) is 10.6 Å². The van der Waals surface area contributed by atoms with Crippen LogP contribution in [-0.4, -0.2) is 38.4 Å². The molecule has 6 heteroatoms. The average Bonchev–Trinajstić information content (AvgIpc) is 2.20. The number of likely N-dealkylation sites (N-methyl/N-ethyl adjacent to an activating group) is 1. The van der Waals surface area contributed by atoms with Crippen LogP contribution in [0.4, 0.5) is 4.79 Å². The lowest BCUT2D eigenvalue weighted by Gasteiger charge is -2.42. The molecule has 2 amide bonds. The summed E-state index contributed by atoms with van der Waals surface area (Å²) in [4.78, 5) is 24.1. The molecule has 118 valence electrons. The van der Waals surface area contributed by atoms with E-state index in [1.54, 1.807) is 27.8 Å². The smallest absolute Gasteiger partial charge is 0.408 e. The third-order valence-electron chi connectivity index (χ3n) is 3.82. The van der Waals surface area contributed by atoms with Crippen molar-refractivity contribution >= 4 is 20.1 Å². The zero-order valence-electron chi connectivity index (χ0n) is 14.3. The minimum absolute atomic E-state index is 0.0286. The van der Waals surface area contributed by atoms with Gasteiger partial charge in [0.05, 0.1) is 8.07 Å². The normalized spacial score (nSPS) is 14.4. The minimum Gasteiger partial charge on any atom is -0.444 e. The van der Waals surface area contributed by atoms with Crippen LogP contribution in [0.1, 0.15) is 41.5 Å². The van der Waals surface area contributed by atoms with Crippen molar-refractivity contribution in [2.24, 2.45) is 0 Å². The van der Waals surface area contributed by atoms with Gasteiger partial charge in [0.25, 0.3) is 0 Å². The predicted molar refractivity (Wildman–Crippen MR) is 84.4 cm³/mol. The summed E-state index contributed by atoms with van der Waals surface area (Å²) in [5.74, 6) is -0.164. The third kappa shape index (κ3) is 5.15. The van der Waals surface area contributed by atoms with Gasteiger partial charge in [0.2, 0.25) is 5.91 Å². The van der Waals surface area contributed by atoms with E-state index >= 15 is 0 Å². The Bertz CT molecular complexity index is 368. The number of rotatable bonds is 3. The van der Waals surface area contributed by atoms with Gasteiger partial charge in [-0.3, -0.25) is 4.79 Å². The number of alkyl carbamates (subject to hydrolysis) is 1. The van der Waals surface area contributed by atoms with Gasteiger partial charge in [0.15, 0.2) is 0 Å². The summed E-state index contributed by atoms with van der Waals surface area (Å²) in [7, 11) is -0.498. The topological polar surface area (TPSA) is 67.4 Å². The fourth-order valence-electron chi connectivity index (χ4n) is 1.58. The lowest BCUT2D eigenvalue weighted by atomic mass is 10.2. The minimum atomic E-state index is -2.08. The molecule has 0 fully saturated rings. The monoisotopic (exact) mass is 302 g/mol. The lowest BCUT2D eigenvalue weighted by molar-refractivity contribution is -0.121. The van der Waals surface area contributed by atoms with Gasteiger partial charge in [0, 0.05) is 7.05 Å². The van der Waals surface area contributed by atoms with Crippen LogP contribution in [0, 0.1) is 0 Å². The van der Waals surface area contributed by atoms with E-state index in [9.17, 15) is 9.59 Å². The van der Waals surface area contributed by atoms with Crippen molar-refractivity contribution in [3.63, 3.8) is 0 Å². The van der Waals surface area contributed by atoms with Crippen molar-refractivity contribution < 1.29 is 14.3 Å². The quantitative estimate of drug-likeness (QED) is 0.788. The van der Waals surface area contributed by atoms with Crippen molar-refractivity contribution in [2.45, 2.75) is 70.9 Å². The summed E-state index contributed by atoms with van der Waals surface area (Å²) >= 11 is 0. The first-order valence-electron chi connectivity index (χ1n) is 6.93. The van der Waals surface area contributed by atoms with Crippen LogP contribution < -0.4 is 10.6 Å². The molecule has 0 saturated heterocycles. The van der Waals surface area contributed by atoms with Crippen LogP contribution in [0.15, 0.2) is 0 Å². The maximum Gasteiger partial charge on any atom is 0.408 e. The van der Waals surface area contributed by atoms with Gasteiger partial charge in [-0.25, -0.2) is 4.79 Å². The standard InChI is InChI=1S/C14H30N2O3Si/c1-13(2,3)19-12(18)16-11(10(17)15-7)20(8,9)14(4,5)6/h11H,1-9H3,(H,15,17)(H,16,18). The molecule has 1 unspecified atom stereocenters. The molecular formula is C14H30N2O3Si. The zero-order chi connectivity index (χ0) is 16.4. The molecule has 0 spiro atoms. The van der Waals surface area contributed by atoms with Crippen LogP contribution >= 0.6 is 0 Å². The molecule has 0 aliphatic heterocycles. The van der Waals surface area contributed by atoms with Crippen molar-refractivity contribution in [3.8, 4) is 0 Å². The summed E-state index contributed by atoms with van der Waals surface area (Å²) in [5.41, 5.74) is -1.10. The van der Waals surface area contributed by atoms with E-state index in [4.69, 9.17) is 4.74 Å². The summed E-state index contributed by atoms with van der Waals surface area (Å²) in [6, 6.07) is 0. The van der Waals surface area contributed by atoms with Gasteiger partial charge < -0.3 is 15.4 Å².